The van der Waals surface area contributed by atoms with Crippen LogP contribution in [0.1, 0.15) is 23.1 Å². The van der Waals surface area contributed by atoms with Gasteiger partial charge in [-0.3, -0.25) is 25.3 Å². The second-order valence-electron chi connectivity index (χ2n) is 4.04. The van der Waals surface area contributed by atoms with Gasteiger partial charge in [-0.15, -0.1) is 5.10 Å². The van der Waals surface area contributed by atoms with Crippen LogP contribution in [-0.4, -0.2) is 32.6 Å². The van der Waals surface area contributed by atoms with Crippen LogP contribution in [0.4, 0.5) is 11.6 Å². The highest BCUT2D eigenvalue weighted by atomic mass is 16.6. The minimum absolute atomic E-state index is 0.0495. The van der Waals surface area contributed by atoms with Crippen molar-refractivity contribution in [1.82, 2.24) is 15.2 Å². The quantitative estimate of drug-likeness (QED) is 0.638. The number of ether oxygens (including phenoxy) is 1. The third kappa shape index (κ3) is 3.14. The molecule has 1 aromatic heterocycles. The summed E-state index contributed by atoms with van der Waals surface area (Å²) in [5, 5.41) is 19.8. The lowest BCUT2D eigenvalue weighted by Crippen LogP contribution is -2.15. The molecular formula is C12H13N5O4. The number of benzene rings is 1. The molecule has 1 aromatic carbocycles. The van der Waals surface area contributed by atoms with Gasteiger partial charge in [-0.1, -0.05) is 6.07 Å². The SMILES string of the molecule is CCOc1c(C(=O)Nc2n[nH]c(C)n2)cccc1[N+](=O)[O-]. The summed E-state index contributed by atoms with van der Waals surface area (Å²) in [7, 11) is 0. The number of carbonyl (C=O) groups excluding carboxylic acids is 1. The van der Waals surface area contributed by atoms with Gasteiger partial charge >= 0.3 is 5.69 Å². The van der Waals surface area contributed by atoms with Gasteiger partial charge in [-0.2, -0.15) is 4.98 Å². The molecule has 0 saturated carbocycles. The monoisotopic (exact) mass is 291 g/mol. The minimum Gasteiger partial charge on any atom is -0.487 e. The van der Waals surface area contributed by atoms with Gasteiger partial charge in [0.1, 0.15) is 5.82 Å². The summed E-state index contributed by atoms with van der Waals surface area (Å²) < 4.78 is 5.24. The number of rotatable bonds is 5. The van der Waals surface area contributed by atoms with Crippen molar-refractivity contribution in [3.63, 3.8) is 0 Å². The summed E-state index contributed by atoms with van der Waals surface area (Å²) in [5.74, 6) is -0.0308. The number of hydrogen-bond donors (Lipinski definition) is 2. The zero-order valence-corrected chi connectivity index (χ0v) is 11.4. The molecule has 0 fully saturated rings. The Kier molecular flexibility index (Phi) is 4.12. The number of hydrogen-bond acceptors (Lipinski definition) is 6. The molecule has 110 valence electrons. The Morgan fingerprint density at radius 3 is 2.86 bits per heavy atom. The number of nitro benzene ring substituents is 1. The maximum atomic E-state index is 12.2. The maximum Gasteiger partial charge on any atom is 0.311 e. The van der Waals surface area contributed by atoms with E-state index in [2.05, 4.69) is 20.5 Å². The Labute approximate surface area is 119 Å². The number of carbonyl (C=O) groups is 1. The fourth-order valence-electron chi connectivity index (χ4n) is 1.71. The van der Waals surface area contributed by atoms with E-state index in [1.807, 2.05) is 0 Å². The number of aromatic amines is 1. The predicted octanol–water partition coefficient (Wildman–Crippen LogP) is 1.67. The fraction of sp³-hybridized carbons (Fsp3) is 0.250. The molecule has 0 saturated heterocycles. The van der Waals surface area contributed by atoms with Crippen molar-refractivity contribution in [2.45, 2.75) is 13.8 Å². The minimum atomic E-state index is -0.598. The number of anilines is 1. The van der Waals surface area contributed by atoms with E-state index in [1.165, 1.54) is 18.2 Å². The van der Waals surface area contributed by atoms with E-state index in [1.54, 1.807) is 13.8 Å². The van der Waals surface area contributed by atoms with Gasteiger partial charge in [0.2, 0.25) is 11.7 Å². The van der Waals surface area contributed by atoms with E-state index in [9.17, 15) is 14.9 Å². The van der Waals surface area contributed by atoms with Crippen LogP contribution in [0.25, 0.3) is 0 Å². The lowest BCUT2D eigenvalue weighted by atomic mass is 10.1. The highest BCUT2D eigenvalue weighted by Gasteiger charge is 2.23. The molecule has 9 heteroatoms. The first kappa shape index (κ1) is 14.4. The van der Waals surface area contributed by atoms with Crippen molar-refractivity contribution >= 4 is 17.5 Å². The summed E-state index contributed by atoms with van der Waals surface area (Å²) in [4.78, 5) is 26.5. The standard InChI is InChI=1S/C12H13N5O4/c1-3-21-10-8(5-4-6-9(10)17(19)20)11(18)14-12-13-7(2)15-16-12/h4-6H,3H2,1-2H3,(H2,13,14,15,16,18). The van der Waals surface area contributed by atoms with Crippen molar-refractivity contribution in [3.05, 3.63) is 39.7 Å². The third-order valence-electron chi connectivity index (χ3n) is 2.55. The Balaban J connectivity index is 2.35. The molecule has 0 aliphatic rings. The van der Waals surface area contributed by atoms with E-state index in [4.69, 9.17) is 4.74 Å². The van der Waals surface area contributed by atoms with Crippen molar-refractivity contribution in [2.24, 2.45) is 0 Å². The lowest BCUT2D eigenvalue weighted by Gasteiger charge is -2.09. The van der Waals surface area contributed by atoms with E-state index >= 15 is 0 Å². The Morgan fingerprint density at radius 1 is 1.52 bits per heavy atom. The van der Waals surface area contributed by atoms with Crippen LogP contribution in [0.2, 0.25) is 0 Å². The average molecular weight is 291 g/mol. The van der Waals surface area contributed by atoms with Crippen molar-refractivity contribution in [1.29, 1.82) is 0 Å². The summed E-state index contributed by atoms with van der Waals surface area (Å²) >= 11 is 0. The van der Waals surface area contributed by atoms with Crippen LogP contribution < -0.4 is 10.1 Å². The van der Waals surface area contributed by atoms with Gasteiger partial charge in [0.15, 0.2) is 0 Å². The van der Waals surface area contributed by atoms with E-state index in [-0.39, 0.29) is 29.6 Å². The number of para-hydroxylation sites is 1. The summed E-state index contributed by atoms with van der Waals surface area (Å²) in [6.45, 7) is 3.56. The van der Waals surface area contributed by atoms with Crippen LogP contribution in [0.15, 0.2) is 18.2 Å². The molecule has 0 radical (unpaired) electrons. The molecule has 0 bridgehead atoms. The van der Waals surface area contributed by atoms with Gasteiger partial charge < -0.3 is 4.74 Å². The van der Waals surface area contributed by atoms with Gasteiger partial charge in [-0.05, 0) is 19.9 Å². The Morgan fingerprint density at radius 2 is 2.29 bits per heavy atom. The normalized spacial score (nSPS) is 10.2. The molecule has 21 heavy (non-hydrogen) atoms. The first-order chi connectivity index (χ1) is 10.0. The van der Waals surface area contributed by atoms with Crippen LogP contribution in [0.3, 0.4) is 0 Å². The van der Waals surface area contributed by atoms with Crippen LogP contribution in [-0.2, 0) is 0 Å². The predicted molar refractivity (Wildman–Crippen MR) is 73.3 cm³/mol. The first-order valence-corrected chi connectivity index (χ1v) is 6.13. The van der Waals surface area contributed by atoms with Gasteiger partial charge in [0.25, 0.3) is 5.91 Å². The van der Waals surface area contributed by atoms with Gasteiger partial charge in [0, 0.05) is 6.07 Å². The van der Waals surface area contributed by atoms with Crippen LogP contribution in [0, 0.1) is 17.0 Å². The molecule has 1 amide bonds. The molecule has 2 N–H and O–H groups in total. The van der Waals surface area contributed by atoms with Gasteiger partial charge in [-0.25, -0.2) is 0 Å². The molecule has 9 nitrogen and oxygen atoms in total. The Bertz CT molecular complexity index is 682. The number of amides is 1. The molecule has 2 rings (SSSR count). The lowest BCUT2D eigenvalue weighted by molar-refractivity contribution is -0.385. The summed E-state index contributed by atoms with van der Waals surface area (Å²) in [6, 6.07) is 4.13. The maximum absolute atomic E-state index is 12.2. The zero-order valence-electron chi connectivity index (χ0n) is 11.4. The first-order valence-electron chi connectivity index (χ1n) is 6.13. The molecule has 0 unspecified atom stereocenters. The fourth-order valence-corrected chi connectivity index (χ4v) is 1.71. The zero-order chi connectivity index (χ0) is 15.4. The second kappa shape index (κ2) is 5.99. The molecule has 2 aromatic rings. The second-order valence-corrected chi connectivity index (χ2v) is 4.04. The van der Waals surface area contributed by atoms with Crippen LogP contribution >= 0.6 is 0 Å². The highest BCUT2D eigenvalue weighted by molar-refractivity contribution is 6.06. The molecule has 1 heterocycles. The topological polar surface area (TPSA) is 123 Å². The average Bonchev–Trinajstić information content (AvgIpc) is 2.84. The van der Waals surface area contributed by atoms with E-state index < -0.39 is 10.8 Å². The number of nitro groups is 1. The third-order valence-corrected chi connectivity index (χ3v) is 2.55. The smallest absolute Gasteiger partial charge is 0.311 e. The van der Waals surface area contributed by atoms with E-state index in [0.717, 1.165) is 0 Å². The molecule has 0 aliphatic heterocycles. The van der Waals surface area contributed by atoms with E-state index in [0.29, 0.717) is 5.82 Å². The van der Waals surface area contributed by atoms with Gasteiger partial charge in [0.05, 0.1) is 17.1 Å². The number of nitrogens with zero attached hydrogens (tertiary/aromatic N) is 3. The summed E-state index contributed by atoms with van der Waals surface area (Å²) in [5.41, 5.74) is -0.218. The largest absolute Gasteiger partial charge is 0.487 e. The number of aromatic nitrogens is 3. The Hall–Kier alpha value is -2.97. The van der Waals surface area contributed by atoms with Crippen LogP contribution in [0.5, 0.6) is 5.75 Å². The molecule has 0 atom stereocenters. The van der Waals surface area contributed by atoms with Crippen molar-refractivity contribution < 1.29 is 14.5 Å². The van der Waals surface area contributed by atoms with Crippen molar-refractivity contribution in [3.8, 4) is 5.75 Å². The molecule has 0 spiro atoms. The number of nitrogens with one attached hydrogen (secondary N) is 2. The molecular weight excluding hydrogens is 278 g/mol. The van der Waals surface area contributed by atoms with Crippen molar-refractivity contribution in [2.75, 3.05) is 11.9 Å². The number of aryl methyl sites for hydroxylation is 1. The molecule has 0 aliphatic carbocycles. The summed E-state index contributed by atoms with van der Waals surface area (Å²) in [6.07, 6.45) is 0. The highest BCUT2D eigenvalue weighted by Crippen LogP contribution is 2.31. The number of H-pyrrole nitrogens is 1.